The maximum atomic E-state index is 11.2. The monoisotopic (exact) mass is 259 g/mol. The highest BCUT2D eigenvalue weighted by atomic mass is 35.5. The number of benzene rings is 1. The topological polar surface area (TPSA) is 46.6 Å². The van der Waals surface area contributed by atoms with E-state index < -0.39 is 11.9 Å². The van der Waals surface area contributed by atoms with Crippen molar-refractivity contribution in [2.75, 3.05) is 0 Å². The van der Waals surface area contributed by atoms with Crippen molar-refractivity contribution in [3.63, 3.8) is 0 Å². The first kappa shape index (κ1) is 12.5. The van der Waals surface area contributed by atoms with Crippen molar-refractivity contribution < 1.29 is 14.3 Å². The molecule has 84 valence electrons. The lowest BCUT2D eigenvalue weighted by Crippen LogP contribution is -2.09. The number of amides is 1. The highest BCUT2D eigenvalue weighted by Crippen LogP contribution is 2.08. The van der Waals surface area contributed by atoms with Crippen LogP contribution in [-0.4, -0.2) is 15.8 Å². The molecule has 0 radical (unpaired) electrons. The van der Waals surface area contributed by atoms with E-state index in [4.69, 9.17) is 28.3 Å². The molecule has 1 amide bonds. The molecular formula is C10H7Cl2NO3. The van der Waals surface area contributed by atoms with Gasteiger partial charge in [-0.2, -0.15) is 3.94 Å². The van der Waals surface area contributed by atoms with E-state index in [1.807, 2.05) is 0 Å². The van der Waals surface area contributed by atoms with E-state index in [9.17, 15) is 9.59 Å². The molecule has 0 heterocycles. The SMILES string of the molecule is O=C(/C=C\C(=O)N(Cl)Cl)Oc1ccccc1. The second-order valence-corrected chi connectivity index (χ2v) is 3.49. The van der Waals surface area contributed by atoms with E-state index in [1.54, 1.807) is 30.3 Å². The first-order chi connectivity index (χ1) is 7.59. The average molecular weight is 260 g/mol. The molecule has 0 saturated heterocycles. The molecule has 0 saturated carbocycles. The van der Waals surface area contributed by atoms with Crippen LogP contribution in [0.2, 0.25) is 0 Å². The minimum atomic E-state index is -0.728. The summed E-state index contributed by atoms with van der Waals surface area (Å²) in [6, 6.07) is 8.45. The summed E-state index contributed by atoms with van der Waals surface area (Å²) in [5, 5.41) is 0. The van der Waals surface area contributed by atoms with Crippen molar-refractivity contribution >= 4 is 35.4 Å². The van der Waals surface area contributed by atoms with E-state index in [0.717, 1.165) is 12.2 Å². The zero-order valence-electron chi connectivity index (χ0n) is 7.97. The summed E-state index contributed by atoms with van der Waals surface area (Å²) in [5.74, 6) is -1.03. The number of hydrogen-bond acceptors (Lipinski definition) is 3. The number of rotatable bonds is 3. The number of hydrogen-bond donors (Lipinski definition) is 0. The molecule has 0 bridgehead atoms. The Kier molecular flexibility index (Phi) is 4.82. The number of halogens is 2. The second-order valence-electron chi connectivity index (χ2n) is 2.64. The van der Waals surface area contributed by atoms with Gasteiger partial charge in [-0.15, -0.1) is 0 Å². The molecule has 0 unspecified atom stereocenters. The third-order valence-corrected chi connectivity index (χ3v) is 1.82. The molecule has 1 rings (SSSR count). The minimum Gasteiger partial charge on any atom is -0.423 e. The lowest BCUT2D eigenvalue weighted by atomic mass is 10.3. The van der Waals surface area contributed by atoms with Crippen LogP contribution in [0.3, 0.4) is 0 Å². The van der Waals surface area contributed by atoms with Gasteiger partial charge >= 0.3 is 5.97 Å². The van der Waals surface area contributed by atoms with Gasteiger partial charge in [0.05, 0.1) is 0 Å². The van der Waals surface area contributed by atoms with Gasteiger partial charge in [0.2, 0.25) is 0 Å². The van der Waals surface area contributed by atoms with Crippen LogP contribution >= 0.6 is 23.6 Å². The van der Waals surface area contributed by atoms with Gasteiger partial charge in [0.15, 0.2) is 0 Å². The van der Waals surface area contributed by atoms with Crippen LogP contribution in [0.15, 0.2) is 42.5 Å². The van der Waals surface area contributed by atoms with E-state index in [-0.39, 0.29) is 0 Å². The number of nitrogens with zero attached hydrogens (tertiary/aromatic N) is 1. The predicted octanol–water partition coefficient (Wildman–Crippen LogP) is 2.28. The Morgan fingerprint density at radius 2 is 1.75 bits per heavy atom. The van der Waals surface area contributed by atoms with E-state index in [0.29, 0.717) is 9.69 Å². The lowest BCUT2D eigenvalue weighted by molar-refractivity contribution is -0.129. The fourth-order valence-corrected chi connectivity index (χ4v) is 0.947. The molecule has 1 aromatic carbocycles. The van der Waals surface area contributed by atoms with Crippen molar-refractivity contribution in [3.05, 3.63) is 42.5 Å². The Balaban J connectivity index is 2.52. The van der Waals surface area contributed by atoms with Crippen LogP contribution in [0.25, 0.3) is 0 Å². The van der Waals surface area contributed by atoms with Gasteiger partial charge in [-0.05, 0) is 12.1 Å². The summed E-state index contributed by atoms with van der Waals surface area (Å²) < 4.78 is 5.17. The molecule has 0 aliphatic rings. The highest BCUT2D eigenvalue weighted by molar-refractivity contribution is 6.42. The summed E-state index contributed by atoms with van der Waals surface area (Å²) in [6.45, 7) is 0. The largest absolute Gasteiger partial charge is 0.423 e. The second kappa shape index (κ2) is 6.15. The summed E-state index contributed by atoms with van der Waals surface area (Å²) in [7, 11) is 0. The number of carbonyl (C=O) groups is 2. The van der Waals surface area contributed by atoms with Crippen LogP contribution in [0.4, 0.5) is 0 Å². The third-order valence-electron chi connectivity index (χ3n) is 1.49. The Morgan fingerprint density at radius 3 is 2.31 bits per heavy atom. The molecule has 6 heteroatoms. The average Bonchev–Trinajstić information content (AvgIpc) is 2.27. The summed E-state index contributed by atoms with van der Waals surface area (Å²) >= 11 is 10.2. The lowest BCUT2D eigenvalue weighted by Gasteiger charge is -2.00. The van der Waals surface area contributed by atoms with Gasteiger partial charge < -0.3 is 4.74 Å². The molecule has 0 N–H and O–H groups in total. The Labute approximate surface area is 102 Å². The standard InChI is InChI=1S/C10H7Cl2NO3/c11-13(12)9(14)6-7-10(15)16-8-4-2-1-3-5-8/h1-7H/b7-6-. The smallest absolute Gasteiger partial charge is 0.336 e. The number of carbonyl (C=O) groups excluding carboxylic acids is 2. The molecule has 0 aromatic heterocycles. The van der Waals surface area contributed by atoms with Gasteiger partial charge in [-0.25, -0.2) is 4.79 Å². The Morgan fingerprint density at radius 1 is 1.12 bits per heavy atom. The fourth-order valence-electron chi connectivity index (χ4n) is 0.834. The zero-order chi connectivity index (χ0) is 12.0. The minimum absolute atomic E-state index is 0.312. The van der Waals surface area contributed by atoms with Crippen molar-refractivity contribution in [2.45, 2.75) is 0 Å². The first-order valence-electron chi connectivity index (χ1n) is 4.20. The summed E-state index contributed by atoms with van der Waals surface area (Å²) in [4.78, 5) is 22.0. The maximum absolute atomic E-state index is 11.2. The van der Waals surface area contributed by atoms with Crippen molar-refractivity contribution in [1.29, 1.82) is 0 Å². The molecule has 0 aliphatic heterocycles. The summed E-state index contributed by atoms with van der Waals surface area (Å²) in [6.07, 6.45) is 1.85. The number of esters is 1. The molecule has 0 atom stereocenters. The van der Waals surface area contributed by atoms with Crippen molar-refractivity contribution in [2.24, 2.45) is 0 Å². The molecule has 0 spiro atoms. The van der Waals surface area contributed by atoms with Crippen molar-refractivity contribution in [1.82, 2.24) is 3.94 Å². The molecule has 1 aromatic rings. The third kappa shape index (κ3) is 4.33. The summed E-state index contributed by atoms with van der Waals surface area (Å²) in [5.41, 5.74) is 0. The fraction of sp³-hybridized carbons (Fsp3) is 0. The molecule has 0 fully saturated rings. The number of ether oxygens (including phenoxy) is 1. The van der Waals surface area contributed by atoms with Crippen LogP contribution in [0.1, 0.15) is 0 Å². The molecule has 0 aliphatic carbocycles. The van der Waals surface area contributed by atoms with Gasteiger partial charge in [-0.3, -0.25) is 4.79 Å². The van der Waals surface area contributed by atoms with Gasteiger partial charge in [0.25, 0.3) is 5.91 Å². The highest BCUT2D eigenvalue weighted by Gasteiger charge is 2.05. The Bertz CT molecular complexity index is 404. The van der Waals surface area contributed by atoms with Crippen LogP contribution in [-0.2, 0) is 9.59 Å². The maximum Gasteiger partial charge on any atom is 0.336 e. The van der Waals surface area contributed by atoms with Crippen LogP contribution in [0.5, 0.6) is 5.75 Å². The van der Waals surface area contributed by atoms with Gasteiger partial charge in [-0.1, -0.05) is 18.2 Å². The van der Waals surface area contributed by atoms with E-state index >= 15 is 0 Å². The quantitative estimate of drug-likeness (QED) is 0.362. The van der Waals surface area contributed by atoms with E-state index in [2.05, 4.69) is 0 Å². The van der Waals surface area contributed by atoms with Gasteiger partial charge in [0, 0.05) is 35.7 Å². The Hall–Kier alpha value is -1.52. The van der Waals surface area contributed by atoms with E-state index in [1.165, 1.54) is 0 Å². The molecular weight excluding hydrogens is 253 g/mol. The molecule has 4 nitrogen and oxygen atoms in total. The van der Waals surface area contributed by atoms with Crippen LogP contribution in [0, 0.1) is 0 Å². The normalized spacial score (nSPS) is 10.1. The van der Waals surface area contributed by atoms with Crippen LogP contribution < -0.4 is 4.74 Å². The molecule has 16 heavy (non-hydrogen) atoms. The first-order valence-corrected chi connectivity index (χ1v) is 4.88. The zero-order valence-corrected chi connectivity index (χ0v) is 9.48. The predicted molar refractivity (Wildman–Crippen MR) is 59.8 cm³/mol. The van der Waals surface area contributed by atoms with Crippen molar-refractivity contribution in [3.8, 4) is 5.75 Å². The number of para-hydroxylation sites is 1. The van der Waals surface area contributed by atoms with Gasteiger partial charge in [0.1, 0.15) is 5.75 Å².